The standard InChI is InChI=1S/C18H19NO2S2/c20-18(17-16-9-5-4-6-14(16)10-12-22-17)19-11-13-23(21)15-7-2-1-3-8-15/h1-9,17H,10-13H2,(H,19,20)/t17-,23+/m1/s1. The molecule has 0 aliphatic carbocycles. The lowest BCUT2D eigenvalue weighted by molar-refractivity contribution is -0.120. The van der Waals surface area contributed by atoms with E-state index in [1.807, 2.05) is 48.5 Å². The van der Waals surface area contributed by atoms with Gasteiger partial charge in [0.2, 0.25) is 5.91 Å². The second-order valence-electron chi connectivity index (χ2n) is 5.35. The van der Waals surface area contributed by atoms with Crippen LogP contribution in [0.25, 0.3) is 0 Å². The molecule has 23 heavy (non-hydrogen) atoms. The average molecular weight is 345 g/mol. The van der Waals surface area contributed by atoms with E-state index in [2.05, 4.69) is 11.4 Å². The number of aryl methyl sites for hydroxylation is 1. The van der Waals surface area contributed by atoms with Crippen molar-refractivity contribution in [2.45, 2.75) is 16.6 Å². The van der Waals surface area contributed by atoms with Gasteiger partial charge in [-0.2, -0.15) is 0 Å². The lowest BCUT2D eigenvalue weighted by atomic mass is 10.0. The highest BCUT2D eigenvalue weighted by Gasteiger charge is 2.26. The zero-order chi connectivity index (χ0) is 16.1. The molecule has 0 aromatic heterocycles. The first kappa shape index (κ1) is 16.3. The molecule has 0 unspecified atom stereocenters. The Morgan fingerprint density at radius 3 is 2.70 bits per heavy atom. The maximum Gasteiger partial charge on any atom is 0.237 e. The molecular formula is C18H19NO2S2. The van der Waals surface area contributed by atoms with Crippen LogP contribution in [-0.4, -0.2) is 28.2 Å². The zero-order valence-electron chi connectivity index (χ0n) is 12.7. The molecular weight excluding hydrogens is 326 g/mol. The van der Waals surface area contributed by atoms with E-state index in [1.54, 1.807) is 11.8 Å². The molecule has 0 spiro atoms. The number of carbonyl (C=O) groups excluding carboxylic acids is 1. The predicted octanol–water partition coefficient (Wildman–Crippen LogP) is 2.94. The Bertz CT molecular complexity index is 703. The van der Waals surface area contributed by atoms with Crippen LogP contribution >= 0.6 is 11.8 Å². The minimum absolute atomic E-state index is 0.0206. The minimum Gasteiger partial charge on any atom is -0.354 e. The Morgan fingerprint density at radius 2 is 1.87 bits per heavy atom. The maximum atomic E-state index is 12.4. The highest BCUT2D eigenvalue weighted by molar-refractivity contribution is 8.00. The lowest BCUT2D eigenvalue weighted by Gasteiger charge is -2.24. The molecule has 5 heteroatoms. The summed E-state index contributed by atoms with van der Waals surface area (Å²) in [5.74, 6) is 1.42. The monoisotopic (exact) mass is 345 g/mol. The molecule has 3 nitrogen and oxygen atoms in total. The summed E-state index contributed by atoms with van der Waals surface area (Å²) in [4.78, 5) is 13.3. The van der Waals surface area contributed by atoms with Crippen molar-refractivity contribution >= 4 is 28.5 Å². The van der Waals surface area contributed by atoms with Crippen molar-refractivity contribution in [2.75, 3.05) is 18.1 Å². The van der Waals surface area contributed by atoms with Gasteiger partial charge in [-0.3, -0.25) is 9.00 Å². The fourth-order valence-corrected chi connectivity index (χ4v) is 4.86. The summed E-state index contributed by atoms with van der Waals surface area (Å²) in [5, 5.41) is 2.79. The lowest BCUT2D eigenvalue weighted by Crippen LogP contribution is -2.32. The van der Waals surface area contributed by atoms with Gasteiger partial charge in [-0.25, -0.2) is 0 Å². The van der Waals surface area contributed by atoms with Crippen LogP contribution in [0.5, 0.6) is 0 Å². The van der Waals surface area contributed by atoms with E-state index < -0.39 is 10.8 Å². The number of benzene rings is 2. The zero-order valence-corrected chi connectivity index (χ0v) is 14.4. The second-order valence-corrected chi connectivity index (χ2v) is 8.14. The van der Waals surface area contributed by atoms with E-state index in [4.69, 9.17) is 0 Å². The molecule has 1 amide bonds. The normalized spacial score (nSPS) is 18.0. The minimum atomic E-state index is -1.07. The van der Waals surface area contributed by atoms with Gasteiger partial charge in [0, 0.05) is 17.2 Å². The van der Waals surface area contributed by atoms with Gasteiger partial charge >= 0.3 is 0 Å². The molecule has 2 atom stereocenters. The van der Waals surface area contributed by atoms with Crippen molar-refractivity contribution in [1.82, 2.24) is 5.32 Å². The van der Waals surface area contributed by atoms with Crippen LogP contribution in [-0.2, 0) is 22.0 Å². The second kappa shape index (κ2) is 7.79. The number of thioether (sulfide) groups is 1. The van der Waals surface area contributed by atoms with Gasteiger partial charge in [-0.15, -0.1) is 11.8 Å². The summed E-state index contributed by atoms with van der Waals surface area (Å²) < 4.78 is 12.2. The molecule has 3 rings (SSSR count). The topological polar surface area (TPSA) is 46.2 Å². The maximum absolute atomic E-state index is 12.4. The van der Waals surface area contributed by atoms with Gasteiger partial charge in [0.05, 0.1) is 10.8 Å². The predicted molar refractivity (Wildman–Crippen MR) is 96.1 cm³/mol. The average Bonchev–Trinajstić information content (AvgIpc) is 2.61. The van der Waals surface area contributed by atoms with Crippen molar-refractivity contribution < 1.29 is 9.00 Å². The molecule has 2 aromatic carbocycles. The molecule has 0 bridgehead atoms. The molecule has 0 saturated heterocycles. The van der Waals surface area contributed by atoms with Gasteiger partial charge in [-0.1, -0.05) is 42.5 Å². The fourth-order valence-electron chi connectivity index (χ4n) is 2.66. The quantitative estimate of drug-likeness (QED) is 0.906. The van der Waals surface area contributed by atoms with Gasteiger partial charge in [-0.05, 0) is 35.4 Å². The third kappa shape index (κ3) is 4.03. The largest absolute Gasteiger partial charge is 0.354 e. The van der Waals surface area contributed by atoms with Gasteiger partial charge in [0.1, 0.15) is 5.25 Å². The summed E-state index contributed by atoms with van der Waals surface area (Å²) in [6.45, 7) is 0.430. The van der Waals surface area contributed by atoms with E-state index in [1.165, 1.54) is 5.56 Å². The molecule has 120 valence electrons. The highest BCUT2D eigenvalue weighted by Crippen LogP contribution is 2.36. The summed E-state index contributed by atoms with van der Waals surface area (Å²) in [5.41, 5.74) is 2.38. The van der Waals surface area contributed by atoms with Gasteiger partial charge in [0.25, 0.3) is 0 Å². The first-order valence-corrected chi connectivity index (χ1v) is 10.0. The van der Waals surface area contributed by atoms with Crippen LogP contribution in [0.15, 0.2) is 59.5 Å². The van der Waals surface area contributed by atoms with Crippen LogP contribution in [0.2, 0.25) is 0 Å². The van der Waals surface area contributed by atoms with Gasteiger partial charge < -0.3 is 5.32 Å². The fraction of sp³-hybridized carbons (Fsp3) is 0.278. The van der Waals surface area contributed by atoms with Crippen molar-refractivity contribution in [2.24, 2.45) is 0 Å². The Labute approximate surface area is 143 Å². The number of carbonyl (C=O) groups is 1. The molecule has 1 aliphatic rings. The Hall–Kier alpha value is -1.59. The Morgan fingerprint density at radius 1 is 1.13 bits per heavy atom. The SMILES string of the molecule is O=C(NCC[S@](=O)c1ccccc1)[C@@H]1SCCc2ccccc21. The molecule has 1 N–H and O–H groups in total. The van der Waals surface area contributed by atoms with E-state index in [0.29, 0.717) is 12.3 Å². The molecule has 1 aliphatic heterocycles. The van der Waals surface area contributed by atoms with Gasteiger partial charge in [0.15, 0.2) is 0 Å². The molecule has 0 fully saturated rings. The van der Waals surface area contributed by atoms with E-state index in [9.17, 15) is 9.00 Å². The van der Waals surface area contributed by atoms with Crippen LogP contribution in [0.4, 0.5) is 0 Å². The van der Waals surface area contributed by atoms with Crippen LogP contribution in [0.3, 0.4) is 0 Å². The van der Waals surface area contributed by atoms with Crippen molar-refractivity contribution in [1.29, 1.82) is 0 Å². The first-order valence-electron chi connectivity index (χ1n) is 7.66. The van der Waals surface area contributed by atoms with Crippen molar-refractivity contribution in [3.05, 3.63) is 65.7 Å². The van der Waals surface area contributed by atoms with Crippen molar-refractivity contribution in [3.8, 4) is 0 Å². The molecule has 0 radical (unpaired) electrons. The summed E-state index contributed by atoms with van der Waals surface area (Å²) in [7, 11) is -1.07. The molecule has 2 aromatic rings. The summed E-state index contributed by atoms with van der Waals surface area (Å²) >= 11 is 1.68. The summed E-state index contributed by atoms with van der Waals surface area (Å²) in [6, 6.07) is 17.5. The third-order valence-electron chi connectivity index (χ3n) is 3.82. The highest BCUT2D eigenvalue weighted by atomic mass is 32.2. The van der Waals surface area contributed by atoms with Crippen LogP contribution < -0.4 is 5.32 Å². The number of hydrogen-bond acceptors (Lipinski definition) is 3. The number of rotatable bonds is 5. The number of nitrogens with one attached hydrogen (secondary N) is 1. The Balaban J connectivity index is 1.55. The van der Waals surface area contributed by atoms with E-state index >= 15 is 0 Å². The summed E-state index contributed by atoms with van der Waals surface area (Å²) in [6.07, 6.45) is 1.02. The van der Waals surface area contributed by atoms with Crippen LogP contribution in [0.1, 0.15) is 16.4 Å². The van der Waals surface area contributed by atoms with Crippen molar-refractivity contribution in [3.63, 3.8) is 0 Å². The number of hydrogen-bond donors (Lipinski definition) is 1. The number of amides is 1. The van der Waals surface area contributed by atoms with E-state index in [-0.39, 0.29) is 11.2 Å². The number of fused-ring (bicyclic) bond motifs is 1. The van der Waals surface area contributed by atoms with E-state index in [0.717, 1.165) is 22.6 Å². The molecule has 0 saturated carbocycles. The Kier molecular flexibility index (Phi) is 5.51. The third-order valence-corrected chi connectivity index (χ3v) is 6.44. The van der Waals surface area contributed by atoms with Crippen LogP contribution in [0, 0.1) is 0 Å². The first-order chi connectivity index (χ1) is 11.3. The molecule has 1 heterocycles. The smallest absolute Gasteiger partial charge is 0.237 e.